The molecule has 2 aromatic rings. The standard InChI is InChI=1S/C18H20ClNO/c1-3-20(4-2)18(21)16-12-10-15(11-13-16)17(19)14-8-6-5-7-9-14/h5-13,17H,3-4H2,1-2H3/t17-/m1/s1. The fourth-order valence-corrected chi connectivity index (χ4v) is 2.59. The normalized spacial score (nSPS) is 12.0. The number of nitrogens with zero attached hydrogens (tertiary/aromatic N) is 1. The molecule has 0 spiro atoms. The number of carbonyl (C=O) groups is 1. The van der Waals surface area contributed by atoms with Crippen LogP contribution in [-0.4, -0.2) is 23.9 Å². The quantitative estimate of drug-likeness (QED) is 0.745. The number of hydrogen-bond donors (Lipinski definition) is 0. The molecule has 2 rings (SSSR count). The fraction of sp³-hybridized carbons (Fsp3) is 0.278. The van der Waals surface area contributed by atoms with Gasteiger partial charge in [-0.2, -0.15) is 0 Å². The van der Waals surface area contributed by atoms with Gasteiger partial charge in [-0.15, -0.1) is 11.6 Å². The van der Waals surface area contributed by atoms with Crippen LogP contribution in [0.4, 0.5) is 0 Å². The average molecular weight is 302 g/mol. The van der Waals surface area contributed by atoms with Crippen LogP contribution in [0.3, 0.4) is 0 Å². The Hall–Kier alpha value is -1.80. The third-order valence-corrected chi connectivity index (χ3v) is 4.10. The second-order valence-electron chi connectivity index (χ2n) is 4.87. The highest BCUT2D eigenvalue weighted by Gasteiger charge is 2.14. The minimum atomic E-state index is -0.191. The molecule has 1 amide bonds. The summed E-state index contributed by atoms with van der Waals surface area (Å²) in [5.74, 6) is 0.0670. The van der Waals surface area contributed by atoms with Crippen molar-refractivity contribution in [3.8, 4) is 0 Å². The largest absolute Gasteiger partial charge is 0.339 e. The summed E-state index contributed by atoms with van der Waals surface area (Å²) in [5.41, 5.74) is 2.76. The molecule has 2 aromatic carbocycles. The second kappa shape index (κ2) is 7.28. The minimum absolute atomic E-state index is 0.0670. The van der Waals surface area contributed by atoms with Crippen molar-refractivity contribution in [2.75, 3.05) is 13.1 Å². The lowest BCUT2D eigenvalue weighted by Gasteiger charge is -2.19. The molecule has 110 valence electrons. The number of alkyl halides is 1. The first-order valence-electron chi connectivity index (χ1n) is 7.25. The fourth-order valence-electron chi connectivity index (χ4n) is 2.30. The molecule has 0 N–H and O–H groups in total. The van der Waals surface area contributed by atoms with Crippen molar-refractivity contribution in [3.05, 3.63) is 71.3 Å². The Balaban J connectivity index is 2.17. The van der Waals surface area contributed by atoms with Gasteiger partial charge in [0.15, 0.2) is 0 Å². The van der Waals surface area contributed by atoms with Crippen LogP contribution in [0.1, 0.15) is 40.7 Å². The van der Waals surface area contributed by atoms with Crippen LogP contribution < -0.4 is 0 Å². The summed E-state index contributed by atoms with van der Waals surface area (Å²) < 4.78 is 0. The van der Waals surface area contributed by atoms with Gasteiger partial charge in [-0.25, -0.2) is 0 Å². The van der Waals surface area contributed by atoms with E-state index in [-0.39, 0.29) is 11.3 Å². The Morgan fingerprint density at radius 2 is 1.48 bits per heavy atom. The minimum Gasteiger partial charge on any atom is -0.339 e. The maximum atomic E-state index is 12.3. The van der Waals surface area contributed by atoms with Gasteiger partial charge in [0.2, 0.25) is 0 Å². The molecule has 0 aromatic heterocycles. The van der Waals surface area contributed by atoms with Crippen molar-refractivity contribution >= 4 is 17.5 Å². The van der Waals surface area contributed by atoms with Gasteiger partial charge in [0.05, 0.1) is 5.38 Å². The molecule has 0 saturated heterocycles. The van der Waals surface area contributed by atoms with Crippen LogP contribution in [0.25, 0.3) is 0 Å². The van der Waals surface area contributed by atoms with Gasteiger partial charge in [0.1, 0.15) is 0 Å². The van der Waals surface area contributed by atoms with Crippen molar-refractivity contribution in [1.82, 2.24) is 4.90 Å². The van der Waals surface area contributed by atoms with Crippen LogP contribution in [-0.2, 0) is 0 Å². The van der Waals surface area contributed by atoms with Gasteiger partial charge < -0.3 is 4.90 Å². The summed E-state index contributed by atoms with van der Waals surface area (Å²) in [7, 11) is 0. The van der Waals surface area contributed by atoms with E-state index in [0.717, 1.165) is 24.2 Å². The van der Waals surface area contributed by atoms with Crippen LogP contribution in [0, 0.1) is 0 Å². The number of rotatable bonds is 5. The lowest BCUT2D eigenvalue weighted by molar-refractivity contribution is 0.0773. The van der Waals surface area contributed by atoms with E-state index in [9.17, 15) is 4.79 Å². The van der Waals surface area contributed by atoms with E-state index in [1.807, 2.05) is 73.3 Å². The summed E-state index contributed by atoms with van der Waals surface area (Å²) in [4.78, 5) is 14.1. The van der Waals surface area contributed by atoms with Gasteiger partial charge in [0.25, 0.3) is 5.91 Å². The van der Waals surface area contributed by atoms with E-state index in [1.165, 1.54) is 0 Å². The van der Waals surface area contributed by atoms with Crippen LogP contribution in [0.15, 0.2) is 54.6 Å². The first-order chi connectivity index (χ1) is 10.2. The molecule has 0 aliphatic carbocycles. The van der Waals surface area contributed by atoms with E-state index >= 15 is 0 Å². The Kier molecular flexibility index (Phi) is 5.40. The molecule has 0 aliphatic rings. The van der Waals surface area contributed by atoms with Crippen molar-refractivity contribution in [2.45, 2.75) is 19.2 Å². The SMILES string of the molecule is CCN(CC)C(=O)c1ccc([C@H](Cl)c2ccccc2)cc1. The Bertz CT molecular complexity index is 576. The van der Waals surface area contributed by atoms with Crippen molar-refractivity contribution in [1.29, 1.82) is 0 Å². The topological polar surface area (TPSA) is 20.3 Å². The van der Waals surface area contributed by atoms with E-state index < -0.39 is 0 Å². The van der Waals surface area contributed by atoms with E-state index in [2.05, 4.69) is 0 Å². The molecule has 0 saturated carbocycles. The van der Waals surface area contributed by atoms with E-state index in [1.54, 1.807) is 0 Å². The molecule has 0 fully saturated rings. The summed E-state index contributed by atoms with van der Waals surface area (Å²) in [6.07, 6.45) is 0. The zero-order chi connectivity index (χ0) is 15.2. The first kappa shape index (κ1) is 15.6. The highest BCUT2D eigenvalue weighted by molar-refractivity contribution is 6.22. The second-order valence-corrected chi connectivity index (χ2v) is 5.31. The molecule has 0 unspecified atom stereocenters. The van der Waals surface area contributed by atoms with Crippen LogP contribution in [0.5, 0.6) is 0 Å². The smallest absolute Gasteiger partial charge is 0.253 e. The monoisotopic (exact) mass is 301 g/mol. The molecule has 0 bridgehead atoms. The zero-order valence-corrected chi connectivity index (χ0v) is 13.2. The Morgan fingerprint density at radius 1 is 0.952 bits per heavy atom. The van der Waals surface area contributed by atoms with Crippen molar-refractivity contribution < 1.29 is 4.79 Å². The summed E-state index contributed by atoms with van der Waals surface area (Å²) in [6, 6.07) is 17.5. The highest BCUT2D eigenvalue weighted by atomic mass is 35.5. The lowest BCUT2D eigenvalue weighted by atomic mass is 10.0. The maximum Gasteiger partial charge on any atom is 0.253 e. The van der Waals surface area contributed by atoms with Gasteiger partial charge >= 0.3 is 0 Å². The Labute approximate surface area is 131 Å². The molecule has 1 atom stereocenters. The van der Waals surface area contributed by atoms with Gasteiger partial charge in [0, 0.05) is 18.7 Å². The zero-order valence-electron chi connectivity index (χ0n) is 12.4. The predicted molar refractivity (Wildman–Crippen MR) is 87.8 cm³/mol. The summed E-state index contributed by atoms with van der Waals surface area (Å²) in [5, 5.41) is -0.191. The highest BCUT2D eigenvalue weighted by Crippen LogP contribution is 2.28. The van der Waals surface area contributed by atoms with Gasteiger partial charge in [-0.05, 0) is 37.1 Å². The predicted octanol–water partition coefficient (Wildman–Crippen LogP) is 4.50. The third-order valence-electron chi connectivity index (χ3n) is 3.59. The molecule has 0 radical (unpaired) electrons. The first-order valence-corrected chi connectivity index (χ1v) is 7.69. The number of hydrogen-bond acceptors (Lipinski definition) is 1. The number of benzene rings is 2. The molecule has 2 nitrogen and oxygen atoms in total. The van der Waals surface area contributed by atoms with Gasteiger partial charge in [-0.1, -0.05) is 42.5 Å². The molecular formula is C18H20ClNO. The van der Waals surface area contributed by atoms with Crippen molar-refractivity contribution in [2.24, 2.45) is 0 Å². The van der Waals surface area contributed by atoms with E-state index in [4.69, 9.17) is 11.6 Å². The van der Waals surface area contributed by atoms with Crippen molar-refractivity contribution in [3.63, 3.8) is 0 Å². The summed E-state index contributed by atoms with van der Waals surface area (Å²) >= 11 is 6.49. The molecule has 0 aliphatic heterocycles. The van der Waals surface area contributed by atoms with Gasteiger partial charge in [-0.3, -0.25) is 4.79 Å². The average Bonchev–Trinajstić information content (AvgIpc) is 2.56. The molecule has 3 heteroatoms. The Morgan fingerprint density at radius 3 is 2.00 bits per heavy atom. The number of halogens is 1. The summed E-state index contributed by atoms with van der Waals surface area (Å²) in [6.45, 7) is 5.42. The molecule has 0 heterocycles. The maximum absolute atomic E-state index is 12.3. The lowest BCUT2D eigenvalue weighted by Crippen LogP contribution is -2.30. The van der Waals surface area contributed by atoms with Crippen LogP contribution in [0.2, 0.25) is 0 Å². The van der Waals surface area contributed by atoms with Crippen LogP contribution >= 0.6 is 11.6 Å². The number of amides is 1. The van der Waals surface area contributed by atoms with E-state index in [0.29, 0.717) is 5.56 Å². The third kappa shape index (κ3) is 3.64. The number of carbonyl (C=O) groups excluding carboxylic acids is 1. The molecular weight excluding hydrogens is 282 g/mol. The molecule has 21 heavy (non-hydrogen) atoms.